The predicted octanol–water partition coefficient (Wildman–Crippen LogP) is 5.22. The van der Waals surface area contributed by atoms with Crippen LogP contribution in [0.5, 0.6) is 0 Å². The molecular weight excluding hydrogens is 406 g/mol. The lowest BCUT2D eigenvalue weighted by Crippen LogP contribution is -2.35. The minimum absolute atomic E-state index is 0.156. The number of amides is 1. The van der Waals surface area contributed by atoms with E-state index in [9.17, 15) is 13.2 Å². The average Bonchev–Trinajstić information content (AvgIpc) is 3.14. The Hall–Kier alpha value is -1.99. The number of hydrogen-bond donors (Lipinski definition) is 0. The second-order valence-electron chi connectivity index (χ2n) is 8.61. The number of carbonyl (C=O) groups excluding carboxylic acids is 1. The quantitative estimate of drug-likeness (QED) is 0.623. The Balaban J connectivity index is 1.65. The number of carbonyl (C=O) groups is 1. The maximum Gasteiger partial charge on any atom is 0.411 e. The molecule has 2 aliphatic rings. The van der Waals surface area contributed by atoms with Gasteiger partial charge in [0.15, 0.2) is 0 Å². The molecule has 5 nitrogen and oxygen atoms in total. The van der Waals surface area contributed by atoms with Crippen molar-refractivity contribution in [3.63, 3.8) is 0 Å². The van der Waals surface area contributed by atoms with Gasteiger partial charge in [-0.2, -0.15) is 0 Å². The number of benzene rings is 2. The molecular formula is C22H25NO4S2. The average molecular weight is 432 g/mol. The van der Waals surface area contributed by atoms with Crippen molar-refractivity contribution in [3.05, 3.63) is 65.2 Å². The van der Waals surface area contributed by atoms with E-state index in [1.54, 1.807) is 29.2 Å². The zero-order valence-electron chi connectivity index (χ0n) is 17.0. The van der Waals surface area contributed by atoms with Gasteiger partial charge in [-0.25, -0.2) is 13.2 Å². The van der Waals surface area contributed by atoms with E-state index in [0.717, 1.165) is 27.5 Å². The number of ether oxygens (including phenoxy) is 1. The van der Waals surface area contributed by atoms with Gasteiger partial charge < -0.3 is 4.74 Å². The minimum atomic E-state index is -3.53. The Bertz CT molecular complexity index is 1040. The van der Waals surface area contributed by atoms with E-state index in [0.29, 0.717) is 11.3 Å². The third-order valence-electron chi connectivity index (χ3n) is 5.28. The number of nitrogens with zero attached hydrogens (tertiary/aromatic N) is 1. The van der Waals surface area contributed by atoms with Crippen molar-refractivity contribution in [1.29, 1.82) is 0 Å². The molecule has 0 radical (unpaired) electrons. The molecule has 3 atom stereocenters. The van der Waals surface area contributed by atoms with Gasteiger partial charge in [-0.05, 0) is 68.2 Å². The van der Waals surface area contributed by atoms with Crippen LogP contribution in [0.1, 0.15) is 56.0 Å². The van der Waals surface area contributed by atoms with Gasteiger partial charge in [-0.15, -0.1) is 0 Å². The second kappa shape index (κ2) is 7.06. The maximum atomic E-state index is 13.0. The molecule has 29 heavy (non-hydrogen) atoms. The fourth-order valence-corrected chi connectivity index (χ4v) is 7.86. The maximum absolute atomic E-state index is 13.0. The summed E-state index contributed by atoms with van der Waals surface area (Å²) >= 11 is 0. The van der Waals surface area contributed by atoms with Gasteiger partial charge in [-0.3, -0.25) is 4.90 Å². The molecule has 154 valence electrons. The van der Waals surface area contributed by atoms with Crippen LogP contribution in [0.25, 0.3) is 0 Å². The summed E-state index contributed by atoms with van der Waals surface area (Å²) in [5.41, 5.74) is 2.51. The number of hydrogen-bond acceptors (Lipinski definition) is 5. The zero-order valence-corrected chi connectivity index (χ0v) is 18.6. The first-order valence-corrected chi connectivity index (χ1v) is 12.5. The molecule has 0 aliphatic carbocycles. The normalized spacial score (nSPS) is 23.2. The van der Waals surface area contributed by atoms with Crippen LogP contribution in [0.3, 0.4) is 0 Å². The second-order valence-corrected chi connectivity index (χ2v) is 12.7. The summed E-state index contributed by atoms with van der Waals surface area (Å²) in [5.74, 6) is 0. The Morgan fingerprint density at radius 2 is 1.69 bits per heavy atom. The van der Waals surface area contributed by atoms with Gasteiger partial charge in [0.25, 0.3) is 0 Å². The van der Waals surface area contributed by atoms with Gasteiger partial charge in [0.2, 0.25) is 8.87 Å². The molecule has 1 amide bonds. The van der Waals surface area contributed by atoms with Gasteiger partial charge >= 0.3 is 6.09 Å². The van der Waals surface area contributed by atoms with Crippen molar-refractivity contribution >= 4 is 25.8 Å². The highest BCUT2D eigenvalue weighted by molar-refractivity contribution is 8.72. The largest absolute Gasteiger partial charge is 0.444 e. The summed E-state index contributed by atoms with van der Waals surface area (Å²) in [5, 5.41) is -0.242. The van der Waals surface area contributed by atoms with E-state index in [1.165, 1.54) is 0 Å². The van der Waals surface area contributed by atoms with Crippen LogP contribution >= 0.6 is 10.8 Å². The molecule has 2 heterocycles. The molecule has 0 N–H and O–H groups in total. The summed E-state index contributed by atoms with van der Waals surface area (Å²) in [6.45, 7) is 7.44. The predicted molar refractivity (Wildman–Crippen MR) is 114 cm³/mol. The molecule has 1 saturated heterocycles. The van der Waals surface area contributed by atoms with Crippen LogP contribution in [0.4, 0.5) is 4.79 Å². The number of rotatable bonds is 3. The van der Waals surface area contributed by atoms with Crippen molar-refractivity contribution in [3.8, 4) is 0 Å². The highest BCUT2D eigenvalue weighted by Gasteiger charge is 2.54. The smallest absolute Gasteiger partial charge is 0.411 e. The molecule has 0 saturated carbocycles. The fourth-order valence-electron chi connectivity index (χ4n) is 4.12. The van der Waals surface area contributed by atoms with Crippen molar-refractivity contribution in [1.82, 2.24) is 4.90 Å². The number of aryl methyl sites for hydroxylation is 1. The highest BCUT2D eigenvalue weighted by Crippen LogP contribution is 2.58. The summed E-state index contributed by atoms with van der Waals surface area (Å²) in [6.07, 6.45) is 0.205. The molecule has 2 aromatic carbocycles. The Morgan fingerprint density at radius 1 is 1.07 bits per heavy atom. The summed E-state index contributed by atoms with van der Waals surface area (Å²) in [6, 6.07) is 14.3. The summed E-state index contributed by atoms with van der Waals surface area (Å²) in [7, 11) is -2.57. The fraction of sp³-hybridized carbons (Fsp3) is 0.409. The molecule has 2 aliphatic heterocycles. The van der Waals surface area contributed by atoms with Crippen LogP contribution in [0.15, 0.2) is 53.4 Å². The van der Waals surface area contributed by atoms with Crippen molar-refractivity contribution in [2.45, 2.75) is 61.9 Å². The standard InChI is InChI=1S/C22H25NO4S2/c1-14-9-11-15(12-10-14)29(25,26)28-19-13-18-16-7-5-6-8-17(16)20(19)23(18)21(24)27-22(2,3)4/h5-12,18-20H,13H2,1-4H3/t18-,19+,20-/m0/s1. The Kier molecular flexibility index (Phi) is 4.94. The molecule has 2 bridgehead atoms. The summed E-state index contributed by atoms with van der Waals surface area (Å²) in [4.78, 5) is 15.0. The van der Waals surface area contributed by atoms with Crippen LogP contribution in [0, 0.1) is 6.92 Å². The third-order valence-corrected chi connectivity index (χ3v) is 9.16. The SMILES string of the molecule is Cc1ccc(S(=O)(=O)S[C@@H]2C[C@H]3c4ccccc4[C@@H]2N3C(=O)OC(C)(C)C)cc1. The van der Waals surface area contributed by atoms with E-state index in [2.05, 4.69) is 0 Å². The number of fused-ring (bicyclic) bond motifs is 5. The first-order chi connectivity index (χ1) is 13.6. The lowest BCUT2D eigenvalue weighted by atomic mass is 9.92. The van der Waals surface area contributed by atoms with Gasteiger partial charge in [0.1, 0.15) is 5.60 Å². The van der Waals surface area contributed by atoms with E-state index < -0.39 is 14.5 Å². The van der Waals surface area contributed by atoms with E-state index in [1.807, 2.05) is 52.0 Å². The first-order valence-electron chi connectivity index (χ1n) is 9.67. The minimum Gasteiger partial charge on any atom is -0.444 e. The van der Waals surface area contributed by atoms with Gasteiger partial charge in [0.05, 0.1) is 17.0 Å². The van der Waals surface area contributed by atoms with Gasteiger partial charge in [0, 0.05) is 5.25 Å². The van der Waals surface area contributed by atoms with E-state index in [4.69, 9.17) is 4.74 Å². The lowest BCUT2D eigenvalue weighted by Gasteiger charge is -2.28. The van der Waals surface area contributed by atoms with Crippen LogP contribution in [-0.4, -0.2) is 30.3 Å². The molecule has 7 heteroatoms. The van der Waals surface area contributed by atoms with Crippen molar-refractivity contribution in [2.24, 2.45) is 0 Å². The van der Waals surface area contributed by atoms with Crippen molar-refractivity contribution in [2.75, 3.05) is 0 Å². The van der Waals surface area contributed by atoms with Crippen LogP contribution < -0.4 is 0 Å². The van der Waals surface area contributed by atoms with E-state index >= 15 is 0 Å². The van der Waals surface area contributed by atoms with Crippen molar-refractivity contribution < 1.29 is 17.9 Å². The molecule has 2 aromatic rings. The molecule has 0 unspecified atom stereocenters. The van der Waals surface area contributed by atoms with E-state index in [-0.39, 0.29) is 23.4 Å². The monoisotopic (exact) mass is 431 g/mol. The van der Waals surface area contributed by atoms with Gasteiger partial charge in [-0.1, -0.05) is 42.0 Å². The van der Waals surface area contributed by atoms with Crippen LogP contribution in [-0.2, 0) is 13.6 Å². The Morgan fingerprint density at radius 3 is 2.31 bits per heavy atom. The molecule has 0 spiro atoms. The zero-order chi connectivity index (χ0) is 21.0. The van der Waals surface area contributed by atoms with Crippen LogP contribution in [0.2, 0.25) is 0 Å². The Labute approximate surface area is 175 Å². The third kappa shape index (κ3) is 3.78. The topological polar surface area (TPSA) is 63.7 Å². The first kappa shape index (κ1) is 20.3. The summed E-state index contributed by atoms with van der Waals surface area (Å²) < 4.78 is 31.7. The lowest BCUT2D eigenvalue weighted by molar-refractivity contribution is 0.0179. The molecule has 4 rings (SSSR count). The highest BCUT2D eigenvalue weighted by atomic mass is 33.1. The molecule has 1 fully saturated rings. The molecule has 0 aromatic heterocycles.